The van der Waals surface area contributed by atoms with Crippen LogP contribution in [0.3, 0.4) is 0 Å². The largest absolute Gasteiger partial charge is 0.477 e. The van der Waals surface area contributed by atoms with Crippen molar-refractivity contribution in [3.8, 4) is 11.5 Å². The van der Waals surface area contributed by atoms with Crippen LogP contribution in [0.2, 0.25) is 5.02 Å². The van der Waals surface area contributed by atoms with Crippen molar-refractivity contribution < 1.29 is 14.3 Å². The molecule has 4 nitrogen and oxygen atoms in total. The zero-order valence-corrected chi connectivity index (χ0v) is 15.2. The molecule has 2 aromatic carbocycles. The smallest absolute Gasteiger partial charge is 0.231 e. The van der Waals surface area contributed by atoms with Gasteiger partial charge in [0.05, 0.1) is 5.56 Å². The Kier molecular flexibility index (Phi) is 3.59. The Labute approximate surface area is 157 Å². The molecule has 132 valence electrons. The minimum absolute atomic E-state index is 0.0885. The van der Waals surface area contributed by atoms with Crippen molar-refractivity contribution in [2.75, 3.05) is 6.73 Å². The molecule has 0 atom stereocenters. The lowest BCUT2D eigenvalue weighted by Crippen LogP contribution is -2.34. The van der Waals surface area contributed by atoms with Crippen LogP contribution in [0.25, 0.3) is 6.08 Å². The number of Topliss-reactive ketones (excluding diaryl/α,β-unsaturated/α-hetero) is 1. The molecular weight excluding hydrogens is 350 g/mol. The fourth-order valence-corrected chi connectivity index (χ4v) is 3.89. The van der Waals surface area contributed by atoms with Gasteiger partial charge in [0.15, 0.2) is 5.76 Å². The Morgan fingerprint density at radius 2 is 2.08 bits per heavy atom. The average molecular weight is 368 g/mol. The van der Waals surface area contributed by atoms with E-state index in [1.807, 2.05) is 31.2 Å². The maximum absolute atomic E-state index is 12.9. The topological polar surface area (TPSA) is 38.8 Å². The van der Waals surface area contributed by atoms with Crippen LogP contribution in [0.1, 0.15) is 39.9 Å². The monoisotopic (exact) mass is 367 g/mol. The molecule has 0 radical (unpaired) electrons. The van der Waals surface area contributed by atoms with Gasteiger partial charge in [-0.3, -0.25) is 9.69 Å². The van der Waals surface area contributed by atoms with E-state index >= 15 is 0 Å². The first kappa shape index (κ1) is 15.9. The first-order valence-electron chi connectivity index (χ1n) is 8.83. The normalized spacial score (nSPS) is 20.5. The molecule has 5 heteroatoms. The lowest BCUT2D eigenvalue weighted by atomic mass is 10.00. The Morgan fingerprint density at radius 3 is 2.85 bits per heavy atom. The maximum Gasteiger partial charge on any atom is 0.231 e. The lowest BCUT2D eigenvalue weighted by Gasteiger charge is -2.30. The summed E-state index contributed by atoms with van der Waals surface area (Å²) in [7, 11) is 0. The summed E-state index contributed by atoms with van der Waals surface area (Å²) in [5.74, 6) is 1.71. The summed E-state index contributed by atoms with van der Waals surface area (Å²) >= 11 is 6.04. The van der Waals surface area contributed by atoms with Crippen LogP contribution in [0.15, 0.2) is 36.1 Å². The van der Waals surface area contributed by atoms with E-state index < -0.39 is 0 Å². The second-order valence-corrected chi connectivity index (χ2v) is 7.55. The zero-order valence-electron chi connectivity index (χ0n) is 14.4. The molecule has 2 heterocycles. The number of carbonyl (C=O) groups is 1. The van der Waals surface area contributed by atoms with Crippen molar-refractivity contribution in [3.63, 3.8) is 0 Å². The Morgan fingerprint density at radius 1 is 1.23 bits per heavy atom. The van der Waals surface area contributed by atoms with E-state index in [9.17, 15) is 4.79 Å². The van der Waals surface area contributed by atoms with E-state index in [2.05, 4.69) is 4.90 Å². The number of hydrogen-bond acceptors (Lipinski definition) is 4. The average Bonchev–Trinajstić information content (AvgIpc) is 3.43. The molecule has 3 aliphatic rings. The molecule has 0 spiro atoms. The highest BCUT2D eigenvalue weighted by molar-refractivity contribution is 6.30. The summed E-state index contributed by atoms with van der Waals surface area (Å²) < 4.78 is 11.9. The number of allylic oxidation sites excluding steroid dienone is 1. The second kappa shape index (κ2) is 5.86. The minimum atomic E-state index is -0.0885. The first-order valence-corrected chi connectivity index (χ1v) is 9.21. The molecule has 2 aliphatic heterocycles. The fraction of sp³-hybridized carbons (Fsp3) is 0.286. The van der Waals surface area contributed by atoms with Crippen molar-refractivity contribution in [1.82, 2.24) is 4.90 Å². The van der Waals surface area contributed by atoms with Gasteiger partial charge in [-0.1, -0.05) is 23.7 Å². The molecule has 0 aromatic heterocycles. The predicted molar refractivity (Wildman–Crippen MR) is 99.6 cm³/mol. The predicted octanol–water partition coefficient (Wildman–Crippen LogP) is 4.58. The van der Waals surface area contributed by atoms with Crippen LogP contribution in [-0.4, -0.2) is 23.5 Å². The highest BCUT2D eigenvalue weighted by Gasteiger charge is 2.36. The van der Waals surface area contributed by atoms with Gasteiger partial charge in [-0.2, -0.15) is 0 Å². The van der Waals surface area contributed by atoms with Crippen LogP contribution in [0.5, 0.6) is 11.5 Å². The van der Waals surface area contributed by atoms with Crippen molar-refractivity contribution in [2.45, 2.75) is 32.4 Å². The number of benzene rings is 2. The minimum Gasteiger partial charge on any atom is -0.477 e. The van der Waals surface area contributed by atoms with Crippen molar-refractivity contribution in [2.24, 2.45) is 0 Å². The Hall–Kier alpha value is -2.30. The zero-order chi connectivity index (χ0) is 17.8. The highest BCUT2D eigenvalue weighted by atomic mass is 35.5. The summed E-state index contributed by atoms with van der Waals surface area (Å²) in [6, 6.07) is 9.92. The van der Waals surface area contributed by atoms with Crippen LogP contribution in [0.4, 0.5) is 0 Å². The first-order chi connectivity index (χ1) is 12.6. The van der Waals surface area contributed by atoms with Crippen molar-refractivity contribution in [1.29, 1.82) is 0 Å². The fourth-order valence-electron chi connectivity index (χ4n) is 3.69. The summed E-state index contributed by atoms with van der Waals surface area (Å²) in [5.41, 5.74) is 3.43. The van der Waals surface area contributed by atoms with Gasteiger partial charge in [-0.05, 0) is 49.6 Å². The molecule has 26 heavy (non-hydrogen) atoms. The van der Waals surface area contributed by atoms with Gasteiger partial charge < -0.3 is 9.47 Å². The van der Waals surface area contributed by atoms with E-state index in [1.165, 1.54) is 12.8 Å². The van der Waals surface area contributed by atoms with Crippen LogP contribution < -0.4 is 9.47 Å². The third kappa shape index (κ3) is 2.61. The third-order valence-corrected chi connectivity index (χ3v) is 5.41. The number of ketones is 1. The van der Waals surface area contributed by atoms with E-state index in [-0.39, 0.29) is 5.78 Å². The molecule has 1 aliphatic carbocycles. The number of fused-ring (bicyclic) bond motifs is 2. The SMILES string of the molecule is Cc1c2c(cc3c1O/C(=C\c1cccc(Cl)c1)C3=O)CN(C1CC1)CO2. The molecule has 5 rings (SSSR count). The standard InChI is InChI=1S/C21H18ClNO3/c1-12-20-14(10-23(11-25-20)16-5-6-16)9-17-19(24)18(26-21(12)17)8-13-3-2-4-15(22)7-13/h2-4,7-9,16H,5-6,10-11H2,1H3/b18-8-. The number of halogens is 1. The van der Waals surface area contributed by atoms with Gasteiger partial charge in [0.2, 0.25) is 5.78 Å². The summed E-state index contributed by atoms with van der Waals surface area (Å²) in [6.07, 6.45) is 4.21. The Bertz CT molecular complexity index is 962. The van der Waals surface area contributed by atoms with Crippen LogP contribution in [0, 0.1) is 6.92 Å². The van der Waals surface area contributed by atoms with E-state index in [0.717, 1.165) is 29.0 Å². The number of carbonyl (C=O) groups excluding carboxylic acids is 1. The van der Waals surface area contributed by atoms with Gasteiger partial charge in [-0.25, -0.2) is 0 Å². The molecule has 0 bridgehead atoms. The molecule has 0 N–H and O–H groups in total. The number of hydrogen-bond donors (Lipinski definition) is 0. The molecule has 2 aromatic rings. The summed E-state index contributed by atoms with van der Waals surface area (Å²) in [6.45, 7) is 3.39. The second-order valence-electron chi connectivity index (χ2n) is 7.11. The molecule has 0 unspecified atom stereocenters. The van der Waals surface area contributed by atoms with E-state index in [1.54, 1.807) is 12.1 Å². The summed E-state index contributed by atoms with van der Waals surface area (Å²) in [5, 5.41) is 0.627. The molecule has 1 saturated carbocycles. The molecule has 0 saturated heterocycles. The van der Waals surface area contributed by atoms with Crippen molar-refractivity contribution in [3.05, 3.63) is 63.4 Å². The third-order valence-electron chi connectivity index (χ3n) is 5.17. The highest BCUT2D eigenvalue weighted by Crippen LogP contribution is 2.44. The molecular formula is C21H18ClNO3. The van der Waals surface area contributed by atoms with Gasteiger partial charge in [0.25, 0.3) is 0 Å². The molecule has 1 fully saturated rings. The number of nitrogens with zero attached hydrogens (tertiary/aromatic N) is 1. The number of ether oxygens (including phenoxy) is 2. The Balaban J connectivity index is 1.52. The lowest BCUT2D eigenvalue weighted by molar-refractivity contribution is 0.0872. The quantitative estimate of drug-likeness (QED) is 0.728. The van der Waals surface area contributed by atoms with Crippen molar-refractivity contribution >= 4 is 23.5 Å². The van der Waals surface area contributed by atoms with E-state index in [0.29, 0.717) is 34.9 Å². The van der Waals surface area contributed by atoms with Crippen LogP contribution >= 0.6 is 11.6 Å². The maximum atomic E-state index is 12.9. The molecule has 0 amide bonds. The van der Waals surface area contributed by atoms with Gasteiger partial charge in [-0.15, -0.1) is 0 Å². The van der Waals surface area contributed by atoms with Gasteiger partial charge in [0, 0.05) is 28.7 Å². The van der Waals surface area contributed by atoms with Gasteiger partial charge in [0.1, 0.15) is 18.2 Å². The number of rotatable bonds is 2. The summed E-state index contributed by atoms with van der Waals surface area (Å²) in [4.78, 5) is 15.2. The van der Waals surface area contributed by atoms with Crippen LogP contribution in [-0.2, 0) is 6.54 Å². The van der Waals surface area contributed by atoms with E-state index in [4.69, 9.17) is 21.1 Å². The van der Waals surface area contributed by atoms with Gasteiger partial charge >= 0.3 is 0 Å².